The molecule has 2 rings (SSSR count). The third-order valence-corrected chi connectivity index (χ3v) is 2.96. The summed E-state index contributed by atoms with van der Waals surface area (Å²) in [6.45, 7) is 1.72. The molecular weight excluding hydrogens is 270 g/mol. The van der Waals surface area contributed by atoms with Crippen molar-refractivity contribution in [2.75, 3.05) is 6.54 Å². The Hall–Kier alpha value is -2.83. The monoisotopic (exact) mass is 287 g/mol. The zero-order valence-electron chi connectivity index (χ0n) is 11.6. The summed E-state index contributed by atoms with van der Waals surface area (Å²) in [6, 6.07) is 8.52. The molecule has 1 heterocycles. The topological polar surface area (TPSA) is 102 Å². The largest absolute Gasteiger partial charge is 0.352 e. The van der Waals surface area contributed by atoms with Crippen LogP contribution in [0.4, 0.5) is 4.79 Å². The molecule has 110 valence electrons. The van der Waals surface area contributed by atoms with Crippen molar-refractivity contribution in [2.45, 2.75) is 13.0 Å². The number of carbonyl (C=O) groups excluding carboxylic acids is 2. The highest BCUT2D eigenvalue weighted by atomic mass is 16.2. The lowest BCUT2D eigenvalue weighted by Gasteiger charge is -2.18. The highest BCUT2D eigenvalue weighted by Crippen LogP contribution is 2.20. The van der Waals surface area contributed by atoms with Crippen molar-refractivity contribution in [2.24, 2.45) is 5.73 Å². The molecule has 3 amide bonds. The molecule has 0 saturated heterocycles. The van der Waals surface area contributed by atoms with Crippen LogP contribution >= 0.6 is 0 Å². The summed E-state index contributed by atoms with van der Waals surface area (Å²) in [7, 11) is 0. The van der Waals surface area contributed by atoms with Crippen LogP contribution in [0.15, 0.2) is 42.7 Å². The van der Waals surface area contributed by atoms with Crippen molar-refractivity contribution in [3.8, 4) is 5.69 Å². The Morgan fingerprint density at radius 2 is 2.10 bits per heavy atom. The number of primary amides is 1. The number of aromatic nitrogens is 2. The van der Waals surface area contributed by atoms with Gasteiger partial charge in [0.15, 0.2) is 0 Å². The van der Waals surface area contributed by atoms with Gasteiger partial charge in [0.05, 0.1) is 18.3 Å². The van der Waals surface area contributed by atoms with E-state index < -0.39 is 6.03 Å². The van der Waals surface area contributed by atoms with Crippen molar-refractivity contribution in [3.63, 3.8) is 0 Å². The fourth-order valence-electron chi connectivity index (χ4n) is 2.01. The summed E-state index contributed by atoms with van der Waals surface area (Å²) in [5, 5.41) is 9.26. The standard InChI is InChI=1S/C14H17N5O2/c1-10(18-13(20)9-16-14(15)21)11-5-2-3-6-12(11)19-8-4-7-17-19/h2-8,10H,9H2,1H3,(H,18,20)(H3,15,16,21). The van der Waals surface area contributed by atoms with Gasteiger partial charge in [-0.2, -0.15) is 5.10 Å². The van der Waals surface area contributed by atoms with E-state index in [4.69, 9.17) is 5.73 Å². The Labute approximate surface area is 122 Å². The van der Waals surface area contributed by atoms with E-state index in [1.807, 2.05) is 43.5 Å². The SMILES string of the molecule is CC(NC(=O)CNC(N)=O)c1ccccc1-n1cccn1. The number of hydrogen-bond donors (Lipinski definition) is 3. The lowest BCUT2D eigenvalue weighted by atomic mass is 10.1. The molecule has 1 unspecified atom stereocenters. The van der Waals surface area contributed by atoms with Crippen LogP contribution in [0.25, 0.3) is 5.69 Å². The molecule has 1 atom stereocenters. The Kier molecular flexibility index (Phi) is 4.55. The summed E-state index contributed by atoms with van der Waals surface area (Å²) in [4.78, 5) is 22.3. The molecule has 1 aromatic heterocycles. The maximum atomic E-state index is 11.7. The predicted octanol–water partition coefficient (Wildman–Crippen LogP) is 0.718. The molecule has 0 fully saturated rings. The van der Waals surface area contributed by atoms with Crippen LogP contribution in [-0.4, -0.2) is 28.3 Å². The predicted molar refractivity (Wildman–Crippen MR) is 77.7 cm³/mol. The Balaban J connectivity index is 2.11. The lowest BCUT2D eigenvalue weighted by molar-refractivity contribution is -0.120. The van der Waals surface area contributed by atoms with E-state index >= 15 is 0 Å². The Morgan fingerprint density at radius 1 is 1.33 bits per heavy atom. The average molecular weight is 287 g/mol. The number of nitrogens with zero attached hydrogens (tertiary/aromatic N) is 2. The van der Waals surface area contributed by atoms with Gasteiger partial charge < -0.3 is 16.4 Å². The van der Waals surface area contributed by atoms with E-state index in [1.165, 1.54) is 0 Å². The van der Waals surface area contributed by atoms with Crippen molar-refractivity contribution in [1.82, 2.24) is 20.4 Å². The van der Waals surface area contributed by atoms with Gasteiger partial charge in [-0.3, -0.25) is 4.79 Å². The Morgan fingerprint density at radius 3 is 2.76 bits per heavy atom. The fraction of sp³-hybridized carbons (Fsp3) is 0.214. The number of amides is 3. The third kappa shape index (κ3) is 3.82. The molecule has 0 spiro atoms. The van der Waals surface area contributed by atoms with E-state index in [0.717, 1.165) is 11.3 Å². The van der Waals surface area contributed by atoms with E-state index in [1.54, 1.807) is 10.9 Å². The number of urea groups is 1. The zero-order valence-corrected chi connectivity index (χ0v) is 11.6. The number of nitrogens with one attached hydrogen (secondary N) is 2. The van der Waals surface area contributed by atoms with Crippen LogP contribution in [0.2, 0.25) is 0 Å². The van der Waals surface area contributed by atoms with Crippen LogP contribution in [0, 0.1) is 0 Å². The summed E-state index contributed by atoms with van der Waals surface area (Å²) in [5.41, 5.74) is 6.74. The number of para-hydroxylation sites is 1. The van der Waals surface area contributed by atoms with Crippen molar-refractivity contribution >= 4 is 11.9 Å². The fourth-order valence-corrected chi connectivity index (χ4v) is 2.01. The number of benzene rings is 1. The minimum Gasteiger partial charge on any atom is -0.352 e. The van der Waals surface area contributed by atoms with Crippen LogP contribution in [0.1, 0.15) is 18.5 Å². The van der Waals surface area contributed by atoms with E-state index in [9.17, 15) is 9.59 Å². The molecule has 0 saturated carbocycles. The maximum Gasteiger partial charge on any atom is 0.312 e. The minimum absolute atomic E-state index is 0.149. The molecule has 1 aromatic carbocycles. The molecule has 0 bridgehead atoms. The molecular formula is C14H17N5O2. The van der Waals surface area contributed by atoms with Gasteiger partial charge in [-0.25, -0.2) is 9.48 Å². The summed E-state index contributed by atoms with van der Waals surface area (Å²) in [5.74, 6) is -0.309. The summed E-state index contributed by atoms with van der Waals surface area (Å²) >= 11 is 0. The maximum absolute atomic E-state index is 11.7. The van der Waals surface area contributed by atoms with Crippen LogP contribution in [-0.2, 0) is 4.79 Å². The Bertz CT molecular complexity index is 624. The second-order valence-corrected chi connectivity index (χ2v) is 4.52. The highest BCUT2D eigenvalue weighted by Gasteiger charge is 2.14. The quantitative estimate of drug-likeness (QED) is 0.755. The molecule has 0 aliphatic carbocycles. The molecule has 7 nitrogen and oxygen atoms in total. The lowest BCUT2D eigenvalue weighted by Crippen LogP contribution is -2.40. The first-order valence-corrected chi connectivity index (χ1v) is 6.49. The van der Waals surface area contributed by atoms with Gasteiger partial charge in [-0.05, 0) is 24.6 Å². The first-order valence-electron chi connectivity index (χ1n) is 6.49. The first kappa shape index (κ1) is 14.6. The van der Waals surface area contributed by atoms with E-state index in [0.29, 0.717) is 0 Å². The van der Waals surface area contributed by atoms with Gasteiger partial charge in [-0.1, -0.05) is 18.2 Å². The molecule has 21 heavy (non-hydrogen) atoms. The van der Waals surface area contributed by atoms with E-state index in [2.05, 4.69) is 15.7 Å². The highest BCUT2D eigenvalue weighted by molar-refractivity contribution is 5.83. The normalized spacial score (nSPS) is 11.7. The van der Waals surface area contributed by atoms with Crippen molar-refractivity contribution < 1.29 is 9.59 Å². The van der Waals surface area contributed by atoms with Crippen LogP contribution in [0.3, 0.4) is 0 Å². The van der Waals surface area contributed by atoms with Gasteiger partial charge in [0.1, 0.15) is 0 Å². The number of nitrogens with two attached hydrogens (primary N) is 1. The molecule has 2 aromatic rings. The van der Waals surface area contributed by atoms with Crippen molar-refractivity contribution in [1.29, 1.82) is 0 Å². The van der Waals surface area contributed by atoms with Gasteiger partial charge in [0.25, 0.3) is 0 Å². The first-order chi connectivity index (χ1) is 10.1. The molecule has 4 N–H and O–H groups in total. The second kappa shape index (κ2) is 6.56. The molecule has 0 radical (unpaired) electrons. The minimum atomic E-state index is -0.727. The molecule has 7 heteroatoms. The molecule has 0 aliphatic heterocycles. The van der Waals surface area contributed by atoms with Gasteiger partial charge in [-0.15, -0.1) is 0 Å². The number of carbonyl (C=O) groups is 2. The number of rotatable bonds is 5. The van der Waals surface area contributed by atoms with Crippen LogP contribution in [0.5, 0.6) is 0 Å². The van der Waals surface area contributed by atoms with Crippen LogP contribution < -0.4 is 16.4 Å². The van der Waals surface area contributed by atoms with Gasteiger partial charge >= 0.3 is 6.03 Å². The average Bonchev–Trinajstić information content (AvgIpc) is 2.99. The van der Waals surface area contributed by atoms with Gasteiger partial charge in [0.2, 0.25) is 5.91 Å². The van der Waals surface area contributed by atoms with E-state index in [-0.39, 0.29) is 18.5 Å². The molecule has 0 aliphatic rings. The summed E-state index contributed by atoms with van der Waals surface area (Å²) in [6.07, 6.45) is 3.53. The summed E-state index contributed by atoms with van der Waals surface area (Å²) < 4.78 is 1.74. The second-order valence-electron chi connectivity index (χ2n) is 4.52. The smallest absolute Gasteiger partial charge is 0.312 e. The van der Waals surface area contributed by atoms with Crippen molar-refractivity contribution in [3.05, 3.63) is 48.3 Å². The number of hydrogen-bond acceptors (Lipinski definition) is 3. The third-order valence-electron chi connectivity index (χ3n) is 2.96. The zero-order chi connectivity index (χ0) is 15.2. The van der Waals surface area contributed by atoms with Gasteiger partial charge in [0, 0.05) is 12.4 Å².